The number of nitrogens with one attached hydrogen (secondary N) is 2. The second-order valence-electron chi connectivity index (χ2n) is 6.32. The third-order valence-electron chi connectivity index (χ3n) is 4.58. The summed E-state index contributed by atoms with van der Waals surface area (Å²) in [6.07, 6.45) is 1.07. The molecule has 0 fully saturated rings. The van der Waals surface area contributed by atoms with Crippen LogP contribution in [0.3, 0.4) is 0 Å². The first kappa shape index (κ1) is 15.0. The predicted octanol–water partition coefficient (Wildman–Crippen LogP) is 3.41. The lowest BCUT2D eigenvalue weighted by atomic mass is 10.0. The van der Waals surface area contributed by atoms with Gasteiger partial charge in [0.05, 0.1) is 0 Å². The summed E-state index contributed by atoms with van der Waals surface area (Å²) in [5.74, 6) is -0.0491. The molecule has 1 aliphatic heterocycles. The summed E-state index contributed by atoms with van der Waals surface area (Å²) in [6, 6.07) is 16.9. The van der Waals surface area contributed by atoms with Crippen LogP contribution in [0.5, 0.6) is 0 Å². The van der Waals surface area contributed by atoms with E-state index in [0.717, 1.165) is 37.3 Å². The Bertz CT molecular complexity index is 910. The fourth-order valence-corrected chi connectivity index (χ4v) is 3.47. The summed E-state index contributed by atoms with van der Waals surface area (Å²) in [5.41, 5.74) is 5.81. The highest BCUT2D eigenvalue weighted by molar-refractivity contribution is 5.90. The third-order valence-corrected chi connectivity index (χ3v) is 4.58. The molecule has 4 rings (SSSR count). The molecule has 0 bridgehead atoms. The van der Waals surface area contributed by atoms with E-state index < -0.39 is 0 Å². The monoisotopic (exact) mass is 319 g/mol. The molecule has 1 amide bonds. The van der Waals surface area contributed by atoms with Gasteiger partial charge < -0.3 is 15.2 Å². The standard InChI is InChI=1S/C20H21N3O/c1-14(24)22-18-4-2-3-15(11-18)16-5-6-17-12-19-7-8-21-9-10-23(19)20(17)13-16/h2-6,11-13,21H,7-10H2,1H3,(H,22,24). The van der Waals surface area contributed by atoms with Crippen LogP contribution in [0, 0.1) is 0 Å². The van der Waals surface area contributed by atoms with Gasteiger partial charge in [-0.15, -0.1) is 0 Å². The van der Waals surface area contributed by atoms with Crippen molar-refractivity contribution >= 4 is 22.5 Å². The van der Waals surface area contributed by atoms with E-state index in [1.807, 2.05) is 18.2 Å². The Morgan fingerprint density at radius 2 is 1.96 bits per heavy atom. The van der Waals surface area contributed by atoms with Gasteiger partial charge in [0.1, 0.15) is 0 Å². The van der Waals surface area contributed by atoms with Crippen molar-refractivity contribution < 1.29 is 4.79 Å². The van der Waals surface area contributed by atoms with E-state index in [2.05, 4.69) is 45.5 Å². The Labute approximate surface area is 141 Å². The molecule has 2 aromatic carbocycles. The summed E-state index contributed by atoms with van der Waals surface area (Å²) < 4.78 is 2.43. The Hall–Kier alpha value is -2.59. The molecule has 24 heavy (non-hydrogen) atoms. The minimum absolute atomic E-state index is 0.0491. The minimum atomic E-state index is -0.0491. The molecule has 2 N–H and O–H groups in total. The van der Waals surface area contributed by atoms with Gasteiger partial charge in [0.25, 0.3) is 0 Å². The van der Waals surface area contributed by atoms with E-state index >= 15 is 0 Å². The van der Waals surface area contributed by atoms with Gasteiger partial charge in [0.2, 0.25) is 5.91 Å². The predicted molar refractivity (Wildman–Crippen MR) is 98.3 cm³/mol. The Morgan fingerprint density at radius 3 is 2.83 bits per heavy atom. The number of benzene rings is 2. The lowest BCUT2D eigenvalue weighted by molar-refractivity contribution is -0.114. The number of nitrogens with zero attached hydrogens (tertiary/aromatic N) is 1. The Kier molecular flexibility index (Phi) is 3.82. The van der Waals surface area contributed by atoms with Crippen molar-refractivity contribution in [2.45, 2.75) is 19.9 Å². The second-order valence-corrected chi connectivity index (χ2v) is 6.32. The van der Waals surface area contributed by atoms with Gasteiger partial charge in [-0.25, -0.2) is 0 Å². The van der Waals surface area contributed by atoms with Crippen molar-refractivity contribution in [1.29, 1.82) is 0 Å². The van der Waals surface area contributed by atoms with Crippen LogP contribution in [0.2, 0.25) is 0 Å². The first-order chi connectivity index (χ1) is 11.7. The van der Waals surface area contributed by atoms with Crippen molar-refractivity contribution in [3.8, 4) is 11.1 Å². The number of carbonyl (C=O) groups excluding carboxylic acids is 1. The van der Waals surface area contributed by atoms with Crippen molar-refractivity contribution in [3.63, 3.8) is 0 Å². The molecule has 0 radical (unpaired) electrons. The van der Waals surface area contributed by atoms with Crippen molar-refractivity contribution in [2.24, 2.45) is 0 Å². The maximum atomic E-state index is 11.3. The fourth-order valence-electron chi connectivity index (χ4n) is 3.47. The molecule has 122 valence electrons. The topological polar surface area (TPSA) is 46.1 Å². The van der Waals surface area contributed by atoms with Gasteiger partial charge in [-0.3, -0.25) is 4.79 Å². The largest absolute Gasteiger partial charge is 0.343 e. The van der Waals surface area contributed by atoms with E-state index in [1.54, 1.807) is 0 Å². The van der Waals surface area contributed by atoms with E-state index in [1.165, 1.54) is 29.1 Å². The average molecular weight is 319 g/mol. The maximum absolute atomic E-state index is 11.3. The molecular weight excluding hydrogens is 298 g/mol. The van der Waals surface area contributed by atoms with Crippen LogP contribution in [-0.4, -0.2) is 23.6 Å². The van der Waals surface area contributed by atoms with E-state index in [-0.39, 0.29) is 5.91 Å². The number of fused-ring (bicyclic) bond motifs is 3. The second kappa shape index (κ2) is 6.13. The lowest BCUT2D eigenvalue weighted by Crippen LogP contribution is -2.17. The zero-order valence-electron chi connectivity index (χ0n) is 13.8. The number of hydrogen-bond acceptors (Lipinski definition) is 2. The van der Waals surface area contributed by atoms with E-state index in [9.17, 15) is 4.79 Å². The highest BCUT2D eigenvalue weighted by Crippen LogP contribution is 2.29. The van der Waals surface area contributed by atoms with Gasteiger partial charge >= 0.3 is 0 Å². The zero-order chi connectivity index (χ0) is 16.5. The lowest BCUT2D eigenvalue weighted by Gasteiger charge is -2.09. The number of anilines is 1. The SMILES string of the molecule is CC(=O)Nc1cccc(-c2ccc3cc4n(c3c2)CCNCC4)c1. The van der Waals surface area contributed by atoms with Crippen molar-refractivity contribution in [1.82, 2.24) is 9.88 Å². The van der Waals surface area contributed by atoms with E-state index in [0.29, 0.717) is 0 Å². The van der Waals surface area contributed by atoms with Crippen LogP contribution >= 0.6 is 0 Å². The zero-order valence-corrected chi connectivity index (χ0v) is 13.8. The summed E-state index contributed by atoms with van der Waals surface area (Å²) in [4.78, 5) is 11.3. The van der Waals surface area contributed by atoms with Crippen LogP contribution in [0.25, 0.3) is 22.0 Å². The van der Waals surface area contributed by atoms with Crippen LogP contribution in [0.15, 0.2) is 48.5 Å². The molecule has 0 unspecified atom stereocenters. The molecule has 0 saturated heterocycles. The number of hydrogen-bond donors (Lipinski definition) is 2. The van der Waals surface area contributed by atoms with Gasteiger partial charge in [0, 0.05) is 49.9 Å². The van der Waals surface area contributed by atoms with Gasteiger partial charge in [-0.2, -0.15) is 0 Å². The highest BCUT2D eigenvalue weighted by atomic mass is 16.1. The maximum Gasteiger partial charge on any atom is 0.221 e. The smallest absolute Gasteiger partial charge is 0.221 e. The molecule has 4 nitrogen and oxygen atoms in total. The van der Waals surface area contributed by atoms with Crippen LogP contribution in [0.1, 0.15) is 12.6 Å². The molecule has 1 aromatic heterocycles. The van der Waals surface area contributed by atoms with Crippen LogP contribution < -0.4 is 10.6 Å². The molecule has 1 aliphatic rings. The molecular formula is C20H21N3O. The first-order valence-electron chi connectivity index (χ1n) is 8.41. The Balaban J connectivity index is 1.77. The minimum Gasteiger partial charge on any atom is -0.343 e. The number of rotatable bonds is 2. The molecule has 0 atom stereocenters. The van der Waals surface area contributed by atoms with Gasteiger partial charge in [0.15, 0.2) is 0 Å². The molecule has 4 heteroatoms. The average Bonchev–Trinajstić information content (AvgIpc) is 2.75. The first-order valence-corrected chi connectivity index (χ1v) is 8.41. The fraction of sp³-hybridized carbons (Fsp3) is 0.250. The van der Waals surface area contributed by atoms with Gasteiger partial charge in [-0.1, -0.05) is 24.3 Å². The van der Waals surface area contributed by atoms with Gasteiger partial charge in [-0.05, 0) is 40.8 Å². The highest BCUT2D eigenvalue weighted by Gasteiger charge is 2.12. The van der Waals surface area contributed by atoms with Crippen molar-refractivity contribution in [3.05, 3.63) is 54.2 Å². The molecule has 2 heterocycles. The normalized spacial score (nSPS) is 14.2. The summed E-state index contributed by atoms with van der Waals surface area (Å²) >= 11 is 0. The van der Waals surface area contributed by atoms with E-state index in [4.69, 9.17) is 0 Å². The third kappa shape index (κ3) is 2.81. The molecule has 0 spiro atoms. The quantitative estimate of drug-likeness (QED) is 0.760. The molecule has 3 aromatic rings. The summed E-state index contributed by atoms with van der Waals surface area (Å²) in [6.45, 7) is 4.60. The van der Waals surface area contributed by atoms with Crippen LogP contribution in [0.4, 0.5) is 5.69 Å². The van der Waals surface area contributed by atoms with Crippen molar-refractivity contribution in [2.75, 3.05) is 18.4 Å². The Morgan fingerprint density at radius 1 is 1.08 bits per heavy atom. The number of carbonyl (C=O) groups is 1. The number of aromatic nitrogens is 1. The molecule has 0 aliphatic carbocycles. The van der Waals surface area contributed by atoms with Crippen LogP contribution in [-0.2, 0) is 17.8 Å². The summed E-state index contributed by atoms with van der Waals surface area (Å²) in [5, 5.41) is 7.61. The molecule has 0 saturated carbocycles. The number of amides is 1. The summed E-state index contributed by atoms with van der Waals surface area (Å²) in [7, 11) is 0.